The number of aromatic nitrogens is 2. The number of anilines is 1. The van der Waals surface area contributed by atoms with Gasteiger partial charge in [-0.25, -0.2) is 14.2 Å². The average Bonchev–Trinajstić information content (AvgIpc) is 3.50. The molecule has 12 nitrogen and oxygen atoms in total. The quantitative estimate of drug-likeness (QED) is 0.286. The average molecular weight is 592 g/mol. The minimum Gasteiger partial charge on any atom is -0.493 e. The summed E-state index contributed by atoms with van der Waals surface area (Å²) >= 11 is 0. The molecule has 2 N–H and O–H groups in total. The number of nitrogen functional groups attached to an aromatic ring is 1. The molecule has 43 heavy (non-hydrogen) atoms. The minimum absolute atomic E-state index is 0.0258. The van der Waals surface area contributed by atoms with E-state index in [4.69, 9.17) is 38.3 Å². The number of carbonyl (C=O) groups excluding carboxylic acids is 1. The summed E-state index contributed by atoms with van der Waals surface area (Å²) in [6.07, 6.45) is 1.41. The predicted octanol–water partition coefficient (Wildman–Crippen LogP) is 2.89. The van der Waals surface area contributed by atoms with Crippen LogP contribution < -0.4 is 41.2 Å². The monoisotopic (exact) mass is 591 g/mol. The molecule has 226 valence electrons. The largest absolute Gasteiger partial charge is 0.493 e. The van der Waals surface area contributed by atoms with Crippen molar-refractivity contribution >= 4 is 23.6 Å². The normalized spacial score (nSPS) is 14.5. The molecule has 0 aliphatic carbocycles. The van der Waals surface area contributed by atoms with Crippen LogP contribution in [0.4, 0.5) is 6.01 Å². The predicted molar refractivity (Wildman–Crippen MR) is 156 cm³/mol. The SMILES string of the molecule is COC(=O)C1=c2oc(=O)/c(=C/c3ccc(OC(C)C)c(OC)c3)n2-c2oc(N)nc2[C@@H]1c1ccc(OC(C)C)c(OC)c1. The second-order valence-corrected chi connectivity index (χ2v) is 10.3. The van der Waals surface area contributed by atoms with Crippen LogP contribution in [-0.4, -0.2) is 49.1 Å². The molecule has 1 aliphatic rings. The van der Waals surface area contributed by atoms with Crippen molar-refractivity contribution in [2.24, 2.45) is 0 Å². The van der Waals surface area contributed by atoms with E-state index in [1.165, 1.54) is 25.9 Å². The number of nitrogens with zero attached hydrogens (tertiary/aromatic N) is 2. The third kappa shape index (κ3) is 5.43. The van der Waals surface area contributed by atoms with Gasteiger partial charge in [0, 0.05) is 0 Å². The van der Waals surface area contributed by atoms with Gasteiger partial charge in [-0.2, -0.15) is 4.98 Å². The van der Waals surface area contributed by atoms with Crippen LogP contribution in [0.15, 0.2) is 50.0 Å². The van der Waals surface area contributed by atoms with Crippen LogP contribution in [0.1, 0.15) is 50.4 Å². The van der Waals surface area contributed by atoms with E-state index in [2.05, 4.69) is 4.98 Å². The highest BCUT2D eigenvalue weighted by atomic mass is 16.5. The van der Waals surface area contributed by atoms with Gasteiger partial charge in [-0.05, 0) is 69.2 Å². The number of oxazole rings is 2. The van der Waals surface area contributed by atoms with Crippen LogP contribution in [0, 0.1) is 0 Å². The fraction of sp³-hybridized carbons (Fsp3) is 0.323. The minimum atomic E-state index is -0.878. The Hall–Kier alpha value is -5.13. The lowest BCUT2D eigenvalue weighted by atomic mass is 9.86. The lowest BCUT2D eigenvalue weighted by Gasteiger charge is -2.23. The molecule has 0 saturated carbocycles. The van der Waals surface area contributed by atoms with Gasteiger partial charge >= 0.3 is 11.6 Å². The van der Waals surface area contributed by atoms with E-state index in [9.17, 15) is 9.59 Å². The summed E-state index contributed by atoms with van der Waals surface area (Å²) in [5.74, 6) is 0.486. The highest BCUT2D eigenvalue weighted by Crippen LogP contribution is 2.41. The fourth-order valence-corrected chi connectivity index (χ4v) is 4.97. The molecular formula is C31H33N3O9. The van der Waals surface area contributed by atoms with Gasteiger partial charge in [-0.1, -0.05) is 12.1 Å². The zero-order chi connectivity index (χ0) is 31.0. The van der Waals surface area contributed by atoms with Crippen molar-refractivity contribution in [3.8, 4) is 28.9 Å². The molecule has 0 unspecified atom stereocenters. The van der Waals surface area contributed by atoms with E-state index in [0.29, 0.717) is 34.1 Å². The molecule has 0 saturated heterocycles. The number of fused-ring (bicyclic) bond motifs is 3. The highest BCUT2D eigenvalue weighted by molar-refractivity contribution is 6.12. The van der Waals surface area contributed by atoms with Crippen molar-refractivity contribution in [3.63, 3.8) is 0 Å². The Balaban J connectivity index is 1.78. The maximum atomic E-state index is 13.4. The molecular weight excluding hydrogens is 558 g/mol. The van der Waals surface area contributed by atoms with Gasteiger partial charge in [-0.15, -0.1) is 0 Å². The summed E-state index contributed by atoms with van der Waals surface area (Å²) in [4.78, 5) is 31.2. The van der Waals surface area contributed by atoms with E-state index < -0.39 is 17.5 Å². The third-order valence-electron chi connectivity index (χ3n) is 6.63. The molecule has 5 rings (SSSR count). The number of hydrogen-bond donors (Lipinski definition) is 1. The first-order valence-corrected chi connectivity index (χ1v) is 13.6. The lowest BCUT2D eigenvalue weighted by molar-refractivity contribution is -0.134. The molecule has 2 aromatic carbocycles. The Kier molecular flexibility index (Phi) is 7.94. The van der Waals surface area contributed by atoms with Crippen molar-refractivity contribution in [1.29, 1.82) is 0 Å². The zero-order valence-corrected chi connectivity index (χ0v) is 24.9. The Morgan fingerprint density at radius 3 is 2.16 bits per heavy atom. The van der Waals surface area contributed by atoms with E-state index in [1.54, 1.807) is 42.5 Å². The van der Waals surface area contributed by atoms with Crippen LogP contribution in [-0.2, 0) is 9.53 Å². The maximum absolute atomic E-state index is 13.4. The van der Waals surface area contributed by atoms with Gasteiger partial charge in [0.1, 0.15) is 16.6 Å². The molecule has 0 bridgehead atoms. The highest BCUT2D eigenvalue weighted by Gasteiger charge is 2.40. The second-order valence-electron chi connectivity index (χ2n) is 10.3. The summed E-state index contributed by atoms with van der Waals surface area (Å²) < 4.78 is 40.8. The molecule has 12 heteroatoms. The third-order valence-corrected chi connectivity index (χ3v) is 6.63. The van der Waals surface area contributed by atoms with Crippen LogP contribution in [0.5, 0.6) is 23.0 Å². The van der Waals surface area contributed by atoms with Gasteiger partial charge in [0.25, 0.3) is 6.01 Å². The van der Waals surface area contributed by atoms with E-state index >= 15 is 0 Å². The number of nitrogens with two attached hydrogens (primary N) is 1. The maximum Gasteiger partial charge on any atom is 0.362 e. The van der Waals surface area contributed by atoms with E-state index in [-0.39, 0.29) is 46.3 Å². The summed E-state index contributed by atoms with van der Waals surface area (Å²) in [7, 11) is 4.28. The fourth-order valence-electron chi connectivity index (χ4n) is 4.97. The summed E-state index contributed by atoms with van der Waals surface area (Å²) in [6, 6.07) is 10.3. The topological polar surface area (TPSA) is 150 Å². The Morgan fingerprint density at radius 2 is 1.56 bits per heavy atom. The molecule has 0 spiro atoms. The number of benzene rings is 2. The number of ether oxygens (including phenoxy) is 5. The number of carbonyl (C=O) groups is 1. The van der Waals surface area contributed by atoms with Gasteiger partial charge in [0.05, 0.1) is 39.5 Å². The lowest BCUT2D eigenvalue weighted by Crippen LogP contribution is -2.37. The molecule has 0 radical (unpaired) electrons. The molecule has 0 amide bonds. The Morgan fingerprint density at radius 1 is 0.930 bits per heavy atom. The van der Waals surface area contributed by atoms with Gasteiger partial charge in [0.2, 0.25) is 11.4 Å². The van der Waals surface area contributed by atoms with Crippen LogP contribution in [0.25, 0.3) is 17.5 Å². The summed E-state index contributed by atoms with van der Waals surface area (Å²) in [5, 5.41) is 0.0603. The summed E-state index contributed by atoms with van der Waals surface area (Å²) in [5.41, 5.74) is 6.72. The first-order chi connectivity index (χ1) is 20.6. The van der Waals surface area contributed by atoms with Gasteiger partial charge in [-0.3, -0.25) is 0 Å². The molecule has 4 aromatic rings. The second kappa shape index (κ2) is 11.6. The van der Waals surface area contributed by atoms with Crippen molar-refractivity contribution in [1.82, 2.24) is 9.55 Å². The van der Waals surface area contributed by atoms with Gasteiger partial charge in [0.15, 0.2) is 23.0 Å². The zero-order valence-electron chi connectivity index (χ0n) is 24.9. The standard InChI is InChI=1S/C31H33N3O9/c1-15(2)40-20-10-8-17(13-22(20)37-5)12-19-29(35)42-27-25(30(36)39-7)24(26-28(34(19)27)43-31(32)33-26)18-9-11-21(41-16(3)4)23(14-18)38-6/h8-16,24H,1-7H3,(H2,32,33)/b19-12-/t24-/m1/s1. The number of esters is 1. The van der Waals surface area contributed by atoms with Crippen LogP contribution in [0.3, 0.4) is 0 Å². The van der Waals surface area contributed by atoms with Crippen molar-refractivity contribution in [2.75, 3.05) is 27.1 Å². The van der Waals surface area contributed by atoms with Crippen LogP contribution >= 0.6 is 0 Å². The Labute approximate surface area is 246 Å². The van der Waals surface area contributed by atoms with Gasteiger partial charge < -0.3 is 38.3 Å². The molecule has 0 fully saturated rings. The molecule has 2 aromatic heterocycles. The number of hydrogen-bond acceptors (Lipinski definition) is 11. The first kappa shape index (κ1) is 29.4. The van der Waals surface area contributed by atoms with Crippen LogP contribution in [0.2, 0.25) is 0 Å². The molecule has 1 atom stereocenters. The molecule has 1 aliphatic heterocycles. The number of methoxy groups -OCH3 is 3. The first-order valence-electron chi connectivity index (χ1n) is 13.6. The van der Waals surface area contributed by atoms with Crippen molar-refractivity contribution in [3.05, 3.63) is 74.5 Å². The van der Waals surface area contributed by atoms with Crippen molar-refractivity contribution < 1.29 is 37.3 Å². The Bertz CT molecular complexity index is 1860. The van der Waals surface area contributed by atoms with E-state index in [0.717, 1.165) is 0 Å². The number of rotatable bonds is 9. The smallest absolute Gasteiger partial charge is 0.362 e. The summed E-state index contributed by atoms with van der Waals surface area (Å²) in [6.45, 7) is 7.61. The molecule has 3 heterocycles. The van der Waals surface area contributed by atoms with Crippen molar-refractivity contribution in [2.45, 2.75) is 45.8 Å². The van der Waals surface area contributed by atoms with E-state index in [1.807, 2.05) is 27.7 Å².